The summed E-state index contributed by atoms with van der Waals surface area (Å²) in [6, 6.07) is 20.1. The standard InChI is InChI=1S/C20H18N2O3S/c1-26-17-10-5-9-16(13-17)21-19(23)18-11-6-12-22(20(18)24)25-14-15-7-3-2-4-8-15/h2-13H,14H2,1H3,(H,21,23). The number of nitrogens with zero attached hydrogens (tertiary/aromatic N) is 1. The van der Waals surface area contributed by atoms with Crippen LogP contribution in [0.2, 0.25) is 0 Å². The predicted molar refractivity (Wildman–Crippen MR) is 104 cm³/mol. The third-order valence-corrected chi connectivity index (χ3v) is 4.43. The van der Waals surface area contributed by atoms with Crippen LogP contribution >= 0.6 is 11.8 Å². The van der Waals surface area contributed by atoms with Crippen LogP contribution < -0.4 is 15.7 Å². The molecule has 1 heterocycles. The summed E-state index contributed by atoms with van der Waals surface area (Å²) in [6.07, 6.45) is 3.46. The lowest BCUT2D eigenvalue weighted by Gasteiger charge is -2.10. The first-order valence-corrected chi connectivity index (χ1v) is 9.24. The van der Waals surface area contributed by atoms with Crippen LogP contribution in [0.5, 0.6) is 0 Å². The van der Waals surface area contributed by atoms with E-state index in [-0.39, 0.29) is 12.2 Å². The Hall–Kier alpha value is -2.99. The molecule has 132 valence electrons. The van der Waals surface area contributed by atoms with E-state index in [0.29, 0.717) is 5.69 Å². The molecule has 26 heavy (non-hydrogen) atoms. The minimum atomic E-state index is -0.498. The molecule has 3 rings (SSSR count). The lowest BCUT2D eigenvalue weighted by Crippen LogP contribution is -2.32. The second-order valence-electron chi connectivity index (χ2n) is 5.50. The highest BCUT2D eigenvalue weighted by Gasteiger charge is 2.13. The van der Waals surface area contributed by atoms with Gasteiger partial charge in [-0.1, -0.05) is 36.4 Å². The van der Waals surface area contributed by atoms with E-state index in [2.05, 4.69) is 5.32 Å². The van der Waals surface area contributed by atoms with Gasteiger partial charge in [-0.3, -0.25) is 9.59 Å². The van der Waals surface area contributed by atoms with Crippen LogP contribution in [0, 0.1) is 0 Å². The molecule has 0 aliphatic carbocycles. The Morgan fingerprint density at radius 2 is 1.88 bits per heavy atom. The molecule has 0 unspecified atom stereocenters. The molecule has 0 saturated carbocycles. The Bertz CT molecular complexity index is 955. The van der Waals surface area contributed by atoms with E-state index in [1.54, 1.807) is 23.9 Å². The van der Waals surface area contributed by atoms with E-state index in [1.165, 1.54) is 12.3 Å². The molecule has 0 saturated heterocycles. The second-order valence-corrected chi connectivity index (χ2v) is 6.38. The molecule has 0 atom stereocenters. The molecule has 0 bridgehead atoms. The van der Waals surface area contributed by atoms with Gasteiger partial charge in [0.15, 0.2) is 0 Å². The summed E-state index contributed by atoms with van der Waals surface area (Å²) in [5, 5.41) is 2.75. The molecule has 0 radical (unpaired) electrons. The smallest absolute Gasteiger partial charge is 0.295 e. The maximum absolute atomic E-state index is 12.5. The maximum Gasteiger partial charge on any atom is 0.295 e. The quantitative estimate of drug-likeness (QED) is 0.679. The van der Waals surface area contributed by atoms with Crippen LogP contribution in [0.4, 0.5) is 5.69 Å². The fraction of sp³-hybridized carbons (Fsp3) is 0.100. The number of thioether (sulfide) groups is 1. The van der Waals surface area contributed by atoms with Crippen molar-refractivity contribution in [2.24, 2.45) is 0 Å². The second kappa shape index (κ2) is 8.40. The van der Waals surface area contributed by atoms with Gasteiger partial charge < -0.3 is 10.2 Å². The molecule has 5 nitrogen and oxygen atoms in total. The van der Waals surface area contributed by atoms with Gasteiger partial charge in [0.2, 0.25) is 0 Å². The first-order chi connectivity index (χ1) is 12.7. The predicted octanol–water partition coefficient (Wildman–Crippen LogP) is 3.45. The summed E-state index contributed by atoms with van der Waals surface area (Å²) in [5.74, 6) is -0.467. The number of carbonyl (C=O) groups is 1. The van der Waals surface area contributed by atoms with Gasteiger partial charge >= 0.3 is 0 Å². The lowest BCUT2D eigenvalue weighted by molar-refractivity contribution is 0.0863. The van der Waals surface area contributed by atoms with Gasteiger partial charge in [-0.2, -0.15) is 4.73 Å². The highest BCUT2D eigenvalue weighted by atomic mass is 32.2. The number of carbonyl (C=O) groups excluding carboxylic acids is 1. The number of hydrogen-bond donors (Lipinski definition) is 1. The van der Waals surface area contributed by atoms with Crippen molar-refractivity contribution >= 4 is 23.4 Å². The summed E-state index contributed by atoms with van der Waals surface area (Å²) in [7, 11) is 0. The van der Waals surface area contributed by atoms with E-state index in [4.69, 9.17) is 4.84 Å². The Kier molecular flexibility index (Phi) is 5.76. The SMILES string of the molecule is CSc1cccc(NC(=O)c2cccn(OCc3ccccc3)c2=O)c1. The monoisotopic (exact) mass is 366 g/mol. The molecule has 6 heteroatoms. The summed E-state index contributed by atoms with van der Waals surface area (Å²) in [6.45, 7) is 0.238. The van der Waals surface area contributed by atoms with Crippen LogP contribution in [-0.2, 0) is 6.61 Å². The number of pyridine rings is 1. The lowest BCUT2D eigenvalue weighted by atomic mass is 10.2. The van der Waals surface area contributed by atoms with Crippen molar-refractivity contribution in [3.63, 3.8) is 0 Å². The number of nitrogens with one attached hydrogen (secondary N) is 1. The maximum atomic E-state index is 12.5. The number of hydrogen-bond acceptors (Lipinski definition) is 4. The van der Waals surface area contributed by atoms with Gasteiger partial charge in [-0.25, -0.2) is 0 Å². The van der Waals surface area contributed by atoms with Crippen molar-refractivity contribution in [1.82, 2.24) is 4.73 Å². The summed E-state index contributed by atoms with van der Waals surface area (Å²) < 4.78 is 1.08. The molecular formula is C20H18N2O3S. The largest absolute Gasteiger partial charge is 0.406 e. The molecular weight excluding hydrogens is 348 g/mol. The van der Waals surface area contributed by atoms with Crippen molar-refractivity contribution in [1.29, 1.82) is 0 Å². The minimum Gasteiger partial charge on any atom is -0.406 e. The zero-order chi connectivity index (χ0) is 18.4. The van der Waals surface area contributed by atoms with Gasteiger partial charge in [0, 0.05) is 16.8 Å². The van der Waals surface area contributed by atoms with Gasteiger partial charge in [0.1, 0.15) is 12.2 Å². The van der Waals surface area contributed by atoms with Crippen molar-refractivity contribution in [3.8, 4) is 0 Å². The average molecular weight is 366 g/mol. The first-order valence-electron chi connectivity index (χ1n) is 8.01. The van der Waals surface area contributed by atoms with E-state index < -0.39 is 11.5 Å². The Morgan fingerprint density at radius 3 is 2.65 bits per heavy atom. The normalized spacial score (nSPS) is 10.3. The minimum absolute atomic E-state index is 0.0233. The third-order valence-electron chi connectivity index (χ3n) is 3.70. The molecule has 0 aliphatic rings. The van der Waals surface area contributed by atoms with Crippen LogP contribution in [0.25, 0.3) is 0 Å². The Morgan fingerprint density at radius 1 is 1.08 bits per heavy atom. The van der Waals surface area contributed by atoms with Gasteiger partial charge in [-0.05, 0) is 42.2 Å². The van der Waals surface area contributed by atoms with Crippen LogP contribution in [-0.4, -0.2) is 16.9 Å². The van der Waals surface area contributed by atoms with Crippen LogP contribution in [0.1, 0.15) is 15.9 Å². The number of rotatable bonds is 6. The highest BCUT2D eigenvalue weighted by molar-refractivity contribution is 7.98. The Balaban J connectivity index is 1.75. The molecule has 1 amide bonds. The number of amides is 1. The number of benzene rings is 2. The molecule has 3 aromatic rings. The summed E-state index contributed by atoms with van der Waals surface area (Å²) in [5.41, 5.74) is 1.10. The van der Waals surface area contributed by atoms with Crippen molar-refractivity contribution in [2.45, 2.75) is 11.5 Å². The zero-order valence-corrected chi connectivity index (χ0v) is 15.0. The number of anilines is 1. The van der Waals surface area contributed by atoms with Crippen molar-refractivity contribution in [2.75, 3.05) is 11.6 Å². The van der Waals surface area contributed by atoms with Crippen molar-refractivity contribution < 1.29 is 9.63 Å². The molecule has 1 aromatic heterocycles. The number of aromatic nitrogens is 1. The topological polar surface area (TPSA) is 60.3 Å². The summed E-state index contributed by atoms with van der Waals surface area (Å²) >= 11 is 1.58. The average Bonchev–Trinajstić information content (AvgIpc) is 2.68. The fourth-order valence-electron chi connectivity index (χ4n) is 2.37. The fourth-order valence-corrected chi connectivity index (χ4v) is 2.83. The van der Waals surface area contributed by atoms with E-state index in [0.717, 1.165) is 15.2 Å². The van der Waals surface area contributed by atoms with Crippen molar-refractivity contribution in [3.05, 3.63) is 94.4 Å². The highest BCUT2D eigenvalue weighted by Crippen LogP contribution is 2.19. The zero-order valence-electron chi connectivity index (χ0n) is 14.2. The van der Waals surface area contributed by atoms with E-state index in [9.17, 15) is 9.59 Å². The van der Waals surface area contributed by atoms with E-state index >= 15 is 0 Å². The first kappa shape index (κ1) is 17.8. The van der Waals surface area contributed by atoms with Gasteiger partial charge in [0.05, 0.1) is 0 Å². The molecule has 0 aliphatic heterocycles. The van der Waals surface area contributed by atoms with Crippen LogP contribution in [0.15, 0.2) is 82.6 Å². The van der Waals surface area contributed by atoms with E-state index in [1.807, 2.05) is 54.8 Å². The molecule has 0 spiro atoms. The molecule has 0 fully saturated rings. The molecule has 2 aromatic carbocycles. The van der Waals surface area contributed by atoms with Gasteiger partial charge in [0.25, 0.3) is 11.5 Å². The van der Waals surface area contributed by atoms with Gasteiger partial charge in [-0.15, -0.1) is 11.8 Å². The van der Waals surface area contributed by atoms with Crippen LogP contribution in [0.3, 0.4) is 0 Å². The summed E-state index contributed by atoms with van der Waals surface area (Å²) in [4.78, 5) is 31.5. The molecule has 1 N–H and O–H groups in total. The Labute approximate surface area is 155 Å². The third kappa shape index (κ3) is 4.34.